The summed E-state index contributed by atoms with van der Waals surface area (Å²) in [7, 11) is 1.41. The highest BCUT2D eigenvalue weighted by Gasteiger charge is 2.28. The van der Waals surface area contributed by atoms with Crippen LogP contribution in [-0.4, -0.2) is 30.8 Å². The van der Waals surface area contributed by atoms with Crippen molar-refractivity contribution in [3.63, 3.8) is 0 Å². The third-order valence-corrected chi connectivity index (χ3v) is 6.04. The van der Waals surface area contributed by atoms with Crippen molar-refractivity contribution in [2.75, 3.05) is 7.11 Å². The maximum Gasteiger partial charge on any atom is 0.407 e. The maximum absolute atomic E-state index is 12.0. The van der Waals surface area contributed by atoms with Crippen LogP contribution in [0.5, 0.6) is 0 Å². The van der Waals surface area contributed by atoms with Crippen molar-refractivity contribution in [2.24, 2.45) is 5.92 Å². The Morgan fingerprint density at radius 3 is 2.37 bits per heavy atom. The fourth-order valence-electron chi connectivity index (χ4n) is 3.59. The number of thiophene rings is 1. The molecule has 1 amide bonds. The Kier molecular flexibility index (Phi) is 7.09. The Bertz CT molecular complexity index is 706. The van der Waals surface area contributed by atoms with Crippen LogP contribution in [0.2, 0.25) is 0 Å². The van der Waals surface area contributed by atoms with E-state index in [1.165, 1.54) is 17.6 Å². The standard InChI is InChI=1S/C21H31NO4S/c1-7-16(18-13(2)17(12-27-18)19(23)25-6)14-8-10-15(11-9-14)22-20(24)26-21(3,4)5/h7,12,14-15H,8-11H2,1-6H3,(H,22,24)/b16-7-/t14-,15-. The van der Waals surface area contributed by atoms with Crippen LogP contribution in [0.3, 0.4) is 0 Å². The van der Waals surface area contributed by atoms with E-state index in [2.05, 4.69) is 18.3 Å². The lowest BCUT2D eigenvalue weighted by Crippen LogP contribution is -2.41. The Morgan fingerprint density at radius 1 is 1.22 bits per heavy atom. The van der Waals surface area contributed by atoms with Crippen molar-refractivity contribution in [3.05, 3.63) is 27.5 Å². The molecule has 150 valence electrons. The van der Waals surface area contributed by atoms with Crippen molar-refractivity contribution < 1.29 is 19.1 Å². The van der Waals surface area contributed by atoms with Gasteiger partial charge in [-0.25, -0.2) is 9.59 Å². The normalized spacial score (nSPS) is 20.9. The second-order valence-corrected chi connectivity index (χ2v) is 8.91. The lowest BCUT2D eigenvalue weighted by Gasteiger charge is -2.31. The van der Waals surface area contributed by atoms with Gasteiger partial charge in [-0.2, -0.15) is 0 Å². The van der Waals surface area contributed by atoms with E-state index in [1.807, 2.05) is 33.1 Å². The summed E-state index contributed by atoms with van der Waals surface area (Å²) in [4.78, 5) is 25.0. The molecule has 1 aliphatic carbocycles. The van der Waals surface area contributed by atoms with E-state index in [9.17, 15) is 9.59 Å². The molecule has 0 saturated heterocycles. The summed E-state index contributed by atoms with van der Waals surface area (Å²) < 4.78 is 10.2. The highest BCUT2D eigenvalue weighted by Crippen LogP contribution is 2.40. The molecule has 1 N–H and O–H groups in total. The molecule has 1 aromatic rings. The zero-order chi connectivity index (χ0) is 20.2. The first-order valence-electron chi connectivity index (χ1n) is 9.48. The molecule has 0 spiro atoms. The van der Waals surface area contributed by atoms with Crippen LogP contribution in [0.25, 0.3) is 5.57 Å². The zero-order valence-electron chi connectivity index (χ0n) is 17.2. The molecule has 0 aliphatic heterocycles. The smallest absolute Gasteiger partial charge is 0.407 e. The number of nitrogens with one attached hydrogen (secondary N) is 1. The fraction of sp³-hybridized carbons (Fsp3) is 0.619. The zero-order valence-corrected chi connectivity index (χ0v) is 18.0. The third kappa shape index (κ3) is 5.58. The van der Waals surface area contributed by atoms with Gasteiger partial charge in [-0.1, -0.05) is 6.08 Å². The molecule has 0 radical (unpaired) electrons. The largest absolute Gasteiger partial charge is 0.465 e. The molecule has 0 atom stereocenters. The number of hydrogen-bond donors (Lipinski definition) is 1. The number of ether oxygens (including phenoxy) is 2. The van der Waals surface area contributed by atoms with E-state index < -0.39 is 5.60 Å². The first kappa shape index (κ1) is 21.5. The molecule has 1 aliphatic rings. The van der Waals surface area contributed by atoms with Gasteiger partial charge in [0.05, 0.1) is 12.7 Å². The number of rotatable bonds is 4. The summed E-state index contributed by atoms with van der Waals surface area (Å²) in [6, 6.07) is 0.157. The number of amides is 1. The minimum atomic E-state index is -0.479. The van der Waals surface area contributed by atoms with Gasteiger partial charge in [0.15, 0.2) is 0 Å². The van der Waals surface area contributed by atoms with Crippen LogP contribution >= 0.6 is 11.3 Å². The topological polar surface area (TPSA) is 64.6 Å². The molecule has 6 heteroatoms. The third-order valence-electron chi connectivity index (χ3n) is 4.91. The average Bonchev–Trinajstić information content (AvgIpc) is 2.96. The number of hydrogen-bond acceptors (Lipinski definition) is 5. The Labute approximate surface area is 166 Å². The van der Waals surface area contributed by atoms with Gasteiger partial charge < -0.3 is 14.8 Å². The number of alkyl carbamates (subject to hydrolysis) is 1. The van der Waals surface area contributed by atoms with Gasteiger partial charge in [0.2, 0.25) is 0 Å². The molecule has 0 bridgehead atoms. The summed E-state index contributed by atoms with van der Waals surface area (Å²) >= 11 is 1.61. The highest BCUT2D eigenvalue weighted by atomic mass is 32.1. The van der Waals surface area contributed by atoms with Gasteiger partial charge in [0.1, 0.15) is 5.60 Å². The molecule has 0 unspecified atom stereocenters. The van der Waals surface area contributed by atoms with E-state index in [-0.39, 0.29) is 18.1 Å². The van der Waals surface area contributed by atoms with E-state index in [4.69, 9.17) is 9.47 Å². The molecule has 0 aromatic carbocycles. The van der Waals surface area contributed by atoms with Gasteiger partial charge in [-0.3, -0.25) is 0 Å². The fourth-order valence-corrected chi connectivity index (χ4v) is 4.80. The highest BCUT2D eigenvalue weighted by molar-refractivity contribution is 7.11. The molecule has 1 saturated carbocycles. The number of allylic oxidation sites excluding steroid dienone is 2. The lowest BCUT2D eigenvalue weighted by atomic mass is 9.80. The summed E-state index contributed by atoms with van der Waals surface area (Å²) in [5.74, 6) is 0.158. The monoisotopic (exact) mass is 393 g/mol. The van der Waals surface area contributed by atoms with Crippen LogP contribution in [0, 0.1) is 12.8 Å². The number of carbonyl (C=O) groups excluding carboxylic acids is 2. The second-order valence-electron chi connectivity index (χ2n) is 8.03. The van der Waals surface area contributed by atoms with Gasteiger partial charge in [0.25, 0.3) is 0 Å². The van der Waals surface area contributed by atoms with E-state index in [0.717, 1.165) is 31.2 Å². The molecule has 1 aromatic heterocycles. The van der Waals surface area contributed by atoms with Gasteiger partial charge in [-0.05, 0) is 77.4 Å². The maximum atomic E-state index is 12.0. The minimum absolute atomic E-state index is 0.157. The van der Waals surface area contributed by atoms with E-state index in [1.54, 1.807) is 11.3 Å². The van der Waals surface area contributed by atoms with Crippen LogP contribution in [0.15, 0.2) is 11.5 Å². The SMILES string of the molecule is C/C=C(\c1scc(C(=O)OC)c1C)[C@H]1CC[C@H](NC(=O)OC(C)(C)C)CC1. The van der Waals surface area contributed by atoms with Gasteiger partial charge in [-0.15, -0.1) is 11.3 Å². The number of carbonyl (C=O) groups is 2. The molecule has 1 fully saturated rings. The van der Waals surface area contributed by atoms with Crippen molar-refractivity contribution in [1.29, 1.82) is 0 Å². The van der Waals surface area contributed by atoms with Crippen molar-refractivity contribution in [1.82, 2.24) is 5.32 Å². The minimum Gasteiger partial charge on any atom is -0.465 e. The molecule has 27 heavy (non-hydrogen) atoms. The van der Waals surface area contributed by atoms with Crippen LogP contribution in [0.1, 0.15) is 74.2 Å². The van der Waals surface area contributed by atoms with E-state index in [0.29, 0.717) is 11.5 Å². The summed E-state index contributed by atoms with van der Waals surface area (Å²) in [6.45, 7) is 9.64. The molecule has 1 heterocycles. The van der Waals surface area contributed by atoms with Crippen molar-refractivity contribution in [2.45, 2.75) is 71.9 Å². The molecule has 5 nitrogen and oxygen atoms in total. The van der Waals surface area contributed by atoms with Crippen LogP contribution in [0.4, 0.5) is 4.79 Å². The lowest BCUT2D eigenvalue weighted by molar-refractivity contribution is 0.0489. The quantitative estimate of drug-likeness (QED) is 0.702. The van der Waals surface area contributed by atoms with Crippen molar-refractivity contribution >= 4 is 29.0 Å². The van der Waals surface area contributed by atoms with Crippen LogP contribution < -0.4 is 5.32 Å². The van der Waals surface area contributed by atoms with Crippen LogP contribution in [-0.2, 0) is 9.47 Å². The Balaban J connectivity index is 1.99. The Morgan fingerprint density at radius 2 is 1.85 bits per heavy atom. The second kappa shape index (κ2) is 8.91. The summed E-state index contributed by atoms with van der Waals surface area (Å²) in [5, 5.41) is 4.88. The molecular weight excluding hydrogens is 362 g/mol. The van der Waals surface area contributed by atoms with Crippen molar-refractivity contribution in [3.8, 4) is 0 Å². The predicted octanol–water partition coefficient (Wildman–Crippen LogP) is 5.33. The first-order chi connectivity index (χ1) is 12.7. The average molecular weight is 394 g/mol. The first-order valence-corrected chi connectivity index (χ1v) is 10.4. The number of methoxy groups -OCH3 is 1. The van der Waals surface area contributed by atoms with E-state index >= 15 is 0 Å². The summed E-state index contributed by atoms with van der Waals surface area (Å²) in [5.41, 5.74) is 2.46. The van der Waals surface area contributed by atoms with Gasteiger partial charge in [0, 0.05) is 16.3 Å². The molecule has 2 rings (SSSR count). The Hall–Kier alpha value is -1.82. The number of esters is 1. The summed E-state index contributed by atoms with van der Waals surface area (Å²) in [6.07, 6.45) is 5.68. The predicted molar refractivity (Wildman–Crippen MR) is 109 cm³/mol. The molecular formula is C21H31NO4S. The van der Waals surface area contributed by atoms with Gasteiger partial charge >= 0.3 is 12.1 Å².